The molecule has 0 bridgehead atoms. The standard InChI is InChI=1S/C16H23ClN2O/c1-3-4-5-6-12-19-13-8-7-9-14(20-2)16(13)18-15(19)10-11-17/h7-9H,3-6,10-12H2,1-2H3. The fourth-order valence-corrected chi connectivity index (χ4v) is 2.72. The van der Waals surface area contributed by atoms with Crippen molar-refractivity contribution >= 4 is 22.6 Å². The molecule has 0 N–H and O–H groups in total. The molecule has 0 fully saturated rings. The van der Waals surface area contributed by atoms with Crippen LogP contribution in [0.1, 0.15) is 38.4 Å². The summed E-state index contributed by atoms with van der Waals surface area (Å²) in [6, 6.07) is 6.10. The first kappa shape index (κ1) is 15.2. The number of hydrogen-bond donors (Lipinski definition) is 0. The van der Waals surface area contributed by atoms with Crippen LogP contribution in [0.25, 0.3) is 11.0 Å². The maximum absolute atomic E-state index is 5.91. The van der Waals surface area contributed by atoms with Crippen molar-refractivity contribution in [2.45, 2.75) is 45.6 Å². The molecule has 0 amide bonds. The third-order valence-corrected chi connectivity index (χ3v) is 3.78. The highest BCUT2D eigenvalue weighted by atomic mass is 35.5. The molecule has 110 valence electrons. The number of aromatic nitrogens is 2. The summed E-state index contributed by atoms with van der Waals surface area (Å²) in [6.45, 7) is 3.24. The number of hydrogen-bond acceptors (Lipinski definition) is 2. The lowest BCUT2D eigenvalue weighted by Crippen LogP contribution is -2.05. The van der Waals surface area contributed by atoms with Gasteiger partial charge in [-0.05, 0) is 18.6 Å². The van der Waals surface area contributed by atoms with E-state index in [1.54, 1.807) is 7.11 Å². The summed E-state index contributed by atoms with van der Waals surface area (Å²) in [5, 5.41) is 0. The number of halogens is 1. The summed E-state index contributed by atoms with van der Waals surface area (Å²) in [5.41, 5.74) is 2.10. The Bertz CT molecular complexity index is 551. The summed E-state index contributed by atoms with van der Waals surface area (Å²) < 4.78 is 7.71. The molecule has 0 radical (unpaired) electrons. The van der Waals surface area contributed by atoms with Crippen molar-refractivity contribution in [1.29, 1.82) is 0 Å². The number of rotatable bonds is 8. The molecule has 0 saturated carbocycles. The van der Waals surface area contributed by atoms with Crippen LogP contribution < -0.4 is 4.74 Å². The lowest BCUT2D eigenvalue weighted by Gasteiger charge is -2.08. The molecular formula is C16H23ClN2O. The first-order valence-electron chi connectivity index (χ1n) is 7.39. The molecule has 0 unspecified atom stereocenters. The molecular weight excluding hydrogens is 272 g/mol. The Hall–Kier alpha value is -1.22. The summed E-state index contributed by atoms with van der Waals surface area (Å²) in [5.74, 6) is 2.50. The van der Waals surface area contributed by atoms with Crippen LogP contribution in [0, 0.1) is 0 Å². The second-order valence-electron chi connectivity index (χ2n) is 5.01. The summed E-state index contributed by atoms with van der Waals surface area (Å²) in [4.78, 5) is 4.73. The van der Waals surface area contributed by atoms with Gasteiger partial charge in [-0.15, -0.1) is 11.6 Å². The van der Waals surface area contributed by atoms with Crippen molar-refractivity contribution < 1.29 is 4.74 Å². The molecule has 1 aromatic heterocycles. The number of para-hydroxylation sites is 1. The number of benzene rings is 1. The van der Waals surface area contributed by atoms with E-state index in [9.17, 15) is 0 Å². The average molecular weight is 295 g/mol. The van der Waals surface area contributed by atoms with Gasteiger partial charge in [-0.25, -0.2) is 4.98 Å². The lowest BCUT2D eigenvalue weighted by molar-refractivity contribution is 0.419. The number of alkyl halides is 1. The van der Waals surface area contributed by atoms with E-state index in [1.165, 1.54) is 25.7 Å². The smallest absolute Gasteiger partial charge is 0.146 e. The predicted octanol–water partition coefficient (Wildman–Crippen LogP) is 4.41. The van der Waals surface area contributed by atoms with Crippen LogP contribution in [0.15, 0.2) is 18.2 Å². The molecule has 4 heteroatoms. The van der Waals surface area contributed by atoms with E-state index in [2.05, 4.69) is 17.6 Å². The van der Waals surface area contributed by atoms with Crippen molar-refractivity contribution in [3.63, 3.8) is 0 Å². The number of unbranched alkanes of at least 4 members (excludes halogenated alkanes) is 3. The Kier molecular flexibility index (Phi) is 5.72. The zero-order valence-corrected chi connectivity index (χ0v) is 13.1. The van der Waals surface area contributed by atoms with E-state index < -0.39 is 0 Å². The molecule has 2 rings (SSSR count). The minimum absolute atomic E-state index is 0.598. The Labute approximate surface area is 125 Å². The lowest BCUT2D eigenvalue weighted by atomic mass is 10.2. The van der Waals surface area contributed by atoms with Gasteiger partial charge in [-0.2, -0.15) is 0 Å². The van der Waals surface area contributed by atoms with Crippen molar-refractivity contribution in [3.05, 3.63) is 24.0 Å². The van der Waals surface area contributed by atoms with E-state index >= 15 is 0 Å². The Morgan fingerprint density at radius 1 is 1.25 bits per heavy atom. The van der Waals surface area contributed by atoms with Crippen LogP contribution in [-0.2, 0) is 13.0 Å². The second-order valence-corrected chi connectivity index (χ2v) is 5.39. The van der Waals surface area contributed by atoms with Gasteiger partial charge in [0.25, 0.3) is 0 Å². The summed E-state index contributed by atoms with van der Waals surface area (Å²) in [6.07, 6.45) is 5.80. The van der Waals surface area contributed by atoms with E-state index in [-0.39, 0.29) is 0 Å². The van der Waals surface area contributed by atoms with Crippen LogP contribution in [-0.4, -0.2) is 22.5 Å². The van der Waals surface area contributed by atoms with Gasteiger partial charge in [0, 0.05) is 18.8 Å². The van der Waals surface area contributed by atoms with Gasteiger partial charge in [-0.3, -0.25) is 0 Å². The third kappa shape index (κ3) is 3.26. The average Bonchev–Trinajstić information content (AvgIpc) is 2.82. The monoisotopic (exact) mass is 294 g/mol. The first-order chi connectivity index (χ1) is 9.81. The second kappa shape index (κ2) is 7.53. The summed E-state index contributed by atoms with van der Waals surface area (Å²) in [7, 11) is 1.69. The molecule has 0 aliphatic carbocycles. The number of fused-ring (bicyclic) bond motifs is 1. The van der Waals surface area contributed by atoms with Gasteiger partial charge in [0.1, 0.15) is 17.1 Å². The first-order valence-corrected chi connectivity index (χ1v) is 7.93. The minimum atomic E-state index is 0.598. The largest absolute Gasteiger partial charge is 0.494 e. The van der Waals surface area contributed by atoms with Crippen molar-refractivity contribution in [2.24, 2.45) is 0 Å². The van der Waals surface area contributed by atoms with Gasteiger partial charge in [0.15, 0.2) is 0 Å². The van der Waals surface area contributed by atoms with Gasteiger partial charge < -0.3 is 9.30 Å². The SMILES string of the molecule is CCCCCCn1c(CCCl)nc2c(OC)cccc21. The predicted molar refractivity (Wildman–Crippen MR) is 84.9 cm³/mol. The highest BCUT2D eigenvalue weighted by Gasteiger charge is 2.13. The molecule has 0 saturated heterocycles. The number of nitrogens with zero attached hydrogens (tertiary/aromatic N) is 2. The quantitative estimate of drug-likeness (QED) is 0.533. The van der Waals surface area contributed by atoms with Crippen molar-refractivity contribution in [3.8, 4) is 5.75 Å². The molecule has 20 heavy (non-hydrogen) atoms. The normalized spacial score (nSPS) is 11.2. The molecule has 3 nitrogen and oxygen atoms in total. The Morgan fingerprint density at radius 3 is 2.80 bits per heavy atom. The highest BCUT2D eigenvalue weighted by Crippen LogP contribution is 2.26. The maximum atomic E-state index is 5.91. The number of methoxy groups -OCH3 is 1. The molecule has 1 heterocycles. The van der Waals surface area contributed by atoms with E-state index in [0.717, 1.165) is 35.6 Å². The third-order valence-electron chi connectivity index (χ3n) is 3.59. The maximum Gasteiger partial charge on any atom is 0.146 e. The van der Waals surface area contributed by atoms with Crippen LogP contribution in [0.3, 0.4) is 0 Å². The van der Waals surface area contributed by atoms with Crippen LogP contribution >= 0.6 is 11.6 Å². The number of imidazole rings is 1. The van der Waals surface area contributed by atoms with E-state index in [1.807, 2.05) is 12.1 Å². The van der Waals surface area contributed by atoms with Crippen molar-refractivity contribution in [2.75, 3.05) is 13.0 Å². The topological polar surface area (TPSA) is 27.1 Å². The zero-order chi connectivity index (χ0) is 14.4. The summed E-state index contributed by atoms with van der Waals surface area (Å²) >= 11 is 5.91. The zero-order valence-electron chi connectivity index (χ0n) is 12.4. The Balaban J connectivity index is 2.31. The molecule has 0 atom stereocenters. The van der Waals surface area contributed by atoms with Gasteiger partial charge in [-0.1, -0.05) is 32.3 Å². The molecule has 0 aliphatic heterocycles. The number of aryl methyl sites for hydroxylation is 2. The minimum Gasteiger partial charge on any atom is -0.494 e. The fraction of sp³-hybridized carbons (Fsp3) is 0.562. The fourth-order valence-electron chi connectivity index (χ4n) is 2.56. The highest BCUT2D eigenvalue weighted by molar-refractivity contribution is 6.17. The molecule has 1 aromatic carbocycles. The number of ether oxygens (including phenoxy) is 1. The van der Waals surface area contributed by atoms with Gasteiger partial charge in [0.2, 0.25) is 0 Å². The van der Waals surface area contributed by atoms with Crippen LogP contribution in [0.2, 0.25) is 0 Å². The molecule has 0 spiro atoms. The van der Waals surface area contributed by atoms with E-state index in [4.69, 9.17) is 21.3 Å². The Morgan fingerprint density at radius 2 is 2.10 bits per heavy atom. The van der Waals surface area contributed by atoms with Crippen LogP contribution in [0.5, 0.6) is 5.75 Å². The van der Waals surface area contributed by atoms with Gasteiger partial charge >= 0.3 is 0 Å². The molecule has 0 aliphatic rings. The van der Waals surface area contributed by atoms with Gasteiger partial charge in [0.05, 0.1) is 12.6 Å². The molecule has 2 aromatic rings. The van der Waals surface area contributed by atoms with E-state index in [0.29, 0.717) is 5.88 Å². The van der Waals surface area contributed by atoms with Crippen LogP contribution in [0.4, 0.5) is 0 Å². The van der Waals surface area contributed by atoms with Crippen molar-refractivity contribution in [1.82, 2.24) is 9.55 Å².